The van der Waals surface area contributed by atoms with Gasteiger partial charge < -0.3 is 10.6 Å². The second-order valence-electron chi connectivity index (χ2n) is 3.86. The van der Waals surface area contributed by atoms with Crippen LogP contribution in [0.1, 0.15) is 6.42 Å². The van der Waals surface area contributed by atoms with Gasteiger partial charge in [0, 0.05) is 12.6 Å². The first-order chi connectivity index (χ1) is 7.99. The summed E-state index contributed by atoms with van der Waals surface area (Å²) in [4.78, 5) is 16.7. The van der Waals surface area contributed by atoms with Crippen molar-refractivity contribution in [3.05, 3.63) is 22.3 Å². The number of hydrogen-bond donors (Lipinski definition) is 1. The highest BCUT2D eigenvalue weighted by atomic mass is 35.5. The molecule has 0 aliphatic carbocycles. The maximum atomic E-state index is 13.3. The third kappa shape index (κ3) is 2.45. The maximum Gasteiger partial charge on any atom is 0.240 e. The maximum absolute atomic E-state index is 13.3. The lowest BCUT2D eigenvalue weighted by molar-refractivity contribution is -0.119. The third-order valence-corrected chi connectivity index (χ3v) is 3.12. The van der Waals surface area contributed by atoms with E-state index in [4.69, 9.17) is 28.9 Å². The van der Waals surface area contributed by atoms with Crippen LogP contribution >= 0.6 is 23.2 Å². The van der Waals surface area contributed by atoms with Gasteiger partial charge in [-0.25, -0.2) is 9.37 Å². The van der Waals surface area contributed by atoms with Crippen LogP contribution in [0.5, 0.6) is 0 Å². The molecule has 2 rings (SSSR count). The molecule has 1 saturated heterocycles. The van der Waals surface area contributed by atoms with Crippen molar-refractivity contribution in [2.45, 2.75) is 18.6 Å². The van der Waals surface area contributed by atoms with Crippen LogP contribution in [0.2, 0.25) is 10.0 Å². The molecule has 17 heavy (non-hydrogen) atoms. The van der Waals surface area contributed by atoms with Crippen LogP contribution in [0.15, 0.2) is 12.3 Å². The minimum atomic E-state index is -1.11. The van der Waals surface area contributed by atoms with Crippen LogP contribution in [-0.2, 0) is 4.79 Å². The highest BCUT2D eigenvalue weighted by Gasteiger charge is 2.37. The number of nitrogens with zero attached hydrogens (tertiary/aromatic N) is 2. The number of pyridine rings is 1. The Bertz CT molecular complexity index is 457. The first-order valence-electron chi connectivity index (χ1n) is 5.00. The van der Waals surface area contributed by atoms with Crippen LogP contribution in [0.3, 0.4) is 0 Å². The van der Waals surface area contributed by atoms with Gasteiger partial charge >= 0.3 is 0 Å². The molecule has 92 valence electrons. The summed E-state index contributed by atoms with van der Waals surface area (Å²) in [5, 5.41) is 0.656. The van der Waals surface area contributed by atoms with Crippen molar-refractivity contribution in [2.75, 3.05) is 11.4 Å². The zero-order chi connectivity index (χ0) is 12.6. The van der Waals surface area contributed by atoms with Gasteiger partial charge in [-0.3, -0.25) is 4.79 Å². The van der Waals surface area contributed by atoms with E-state index in [2.05, 4.69) is 4.98 Å². The average molecular weight is 278 g/mol. The fourth-order valence-corrected chi connectivity index (χ4v) is 2.40. The number of carbonyl (C=O) groups is 1. The summed E-state index contributed by atoms with van der Waals surface area (Å²) in [6.45, 7) is 0.0575. The first kappa shape index (κ1) is 12.4. The number of nitrogens with two attached hydrogens (primary N) is 1. The Kier molecular flexibility index (Phi) is 3.40. The van der Waals surface area contributed by atoms with Crippen molar-refractivity contribution in [3.63, 3.8) is 0 Å². The van der Waals surface area contributed by atoms with Crippen molar-refractivity contribution in [2.24, 2.45) is 5.73 Å². The Morgan fingerprint density at radius 3 is 2.88 bits per heavy atom. The summed E-state index contributed by atoms with van der Waals surface area (Å²) < 4.78 is 13.3. The number of amides is 1. The normalized spacial score (nSPS) is 24.1. The number of primary amides is 1. The minimum absolute atomic E-state index is 0.0575. The third-order valence-electron chi connectivity index (χ3n) is 2.64. The van der Waals surface area contributed by atoms with E-state index in [1.54, 1.807) is 0 Å². The average Bonchev–Trinajstić information content (AvgIpc) is 2.60. The van der Waals surface area contributed by atoms with Gasteiger partial charge in [-0.1, -0.05) is 23.2 Å². The molecule has 0 radical (unpaired) electrons. The van der Waals surface area contributed by atoms with Gasteiger partial charge in [0.25, 0.3) is 0 Å². The van der Waals surface area contributed by atoms with Crippen molar-refractivity contribution in [1.82, 2.24) is 4.98 Å². The summed E-state index contributed by atoms with van der Waals surface area (Å²) >= 11 is 11.7. The Hall–Kier alpha value is -1.07. The van der Waals surface area contributed by atoms with E-state index in [9.17, 15) is 9.18 Å². The Morgan fingerprint density at radius 2 is 2.29 bits per heavy atom. The number of hydrogen-bond acceptors (Lipinski definition) is 3. The van der Waals surface area contributed by atoms with E-state index < -0.39 is 18.1 Å². The second kappa shape index (κ2) is 4.66. The summed E-state index contributed by atoms with van der Waals surface area (Å²) in [5.74, 6) is -0.252. The fourth-order valence-electron chi connectivity index (χ4n) is 1.91. The van der Waals surface area contributed by atoms with Crippen LogP contribution < -0.4 is 10.6 Å². The van der Waals surface area contributed by atoms with E-state index in [0.29, 0.717) is 10.8 Å². The summed E-state index contributed by atoms with van der Waals surface area (Å²) in [7, 11) is 0. The molecule has 1 amide bonds. The molecule has 2 heterocycles. The van der Waals surface area contributed by atoms with Crippen LogP contribution in [-0.4, -0.2) is 29.6 Å². The van der Waals surface area contributed by atoms with E-state index in [1.165, 1.54) is 17.2 Å². The van der Waals surface area contributed by atoms with Crippen molar-refractivity contribution < 1.29 is 9.18 Å². The number of anilines is 1. The molecule has 1 aliphatic rings. The predicted octanol–water partition coefficient (Wildman–Crippen LogP) is 1.79. The fraction of sp³-hybridized carbons (Fsp3) is 0.400. The molecule has 0 saturated carbocycles. The number of carbonyl (C=O) groups excluding carboxylic acids is 1. The second-order valence-corrected chi connectivity index (χ2v) is 4.71. The van der Waals surface area contributed by atoms with Gasteiger partial charge in [0.15, 0.2) is 0 Å². The summed E-state index contributed by atoms with van der Waals surface area (Å²) in [6, 6.07) is 0.783. The molecule has 2 atom stereocenters. The molecule has 1 fully saturated rings. The van der Waals surface area contributed by atoms with Gasteiger partial charge in [0.1, 0.15) is 18.0 Å². The number of rotatable bonds is 2. The van der Waals surface area contributed by atoms with Crippen LogP contribution in [0.25, 0.3) is 0 Å². The highest BCUT2D eigenvalue weighted by Crippen LogP contribution is 2.32. The van der Waals surface area contributed by atoms with E-state index in [0.717, 1.165) is 0 Å². The van der Waals surface area contributed by atoms with Gasteiger partial charge in [-0.15, -0.1) is 0 Å². The molecular weight excluding hydrogens is 268 g/mol. The largest absolute Gasteiger partial charge is 0.368 e. The van der Waals surface area contributed by atoms with Gasteiger partial charge in [-0.2, -0.15) is 0 Å². The smallest absolute Gasteiger partial charge is 0.240 e. The molecule has 4 nitrogen and oxygen atoms in total. The lowest BCUT2D eigenvalue weighted by Gasteiger charge is -2.23. The summed E-state index contributed by atoms with van der Waals surface area (Å²) in [5.41, 5.74) is 5.22. The molecule has 7 heteroatoms. The molecule has 0 unspecified atom stereocenters. The SMILES string of the molecule is NC(=O)[C@@H]1C[C@@H](F)CN1c1ncc(Cl)cc1Cl. The molecule has 0 aromatic carbocycles. The number of alkyl halides is 1. The van der Waals surface area contributed by atoms with E-state index in [-0.39, 0.29) is 18.0 Å². The Labute approximate surface area is 108 Å². The number of halogens is 3. The quantitative estimate of drug-likeness (QED) is 0.897. The molecule has 2 N–H and O–H groups in total. The van der Waals surface area contributed by atoms with Crippen molar-refractivity contribution in [1.29, 1.82) is 0 Å². The molecule has 1 aliphatic heterocycles. The summed E-state index contributed by atoms with van der Waals surface area (Å²) in [6.07, 6.45) is 0.351. The lowest BCUT2D eigenvalue weighted by atomic mass is 10.2. The lowest BCUT2D eigenvalue weighted by Crippen LogP contribution is -2.40. The topological polar surface area (TPSA) is 59.2 Å². The number of aromatic nitrogens is 1. The van der Waals surface area contributed by atoms with Crippen molar-refractivity contribution in [3.8, 4) is 0 Å². The molecule has 1 aromatic rings. The molecular formula is C10H10Cl2FN3O. The van der Waals surface area contributed by atoms with E-state index >= 15 is 0 Å². The van der Waals surface area contributed by atoms with Gasteiger partial charge in [0.05, 0.1) is 16.6 Å². The van der Waals surface area contributed by atoms with Crippen LogP contribution in [0.4, 0.5) is 10.2 Å². The monoisotopic (exact) mass is 277 g/mol. The highest BCUT2D eigenvalue weighted by molar-refractivity contribution is 6.36. The first-order valence-corrected chi connectivity index (χ1v) is 5.75. The Morgan fingerprint density at radius 1 is 1.59 bits per heavy atom. The zero-order valence-corrected chi connectivity index (χ0v) is 10.2. The molecule has 0 bridgehead atoms. The Balaban J connectivity index is 2.34. The zero-order valence-electron chi connectivity index (χ0n) is 8.74. The van der Waals surface area contributed by atoms with Gasteiger partial charge in [-0.05, 0) is 6.07 Å². The van der Waals surface area contributed by atoms with Crippen LogP contribution in [0, 0.1) is 0 Å². The van der Waals surface area contributed by atoms with Gasteiger partial charge in [0.2, 0.25) is 5.91 Å². The molecule has 1 aromatic heterocycles. The predicted molar refractivity (Wildman–Crippen MR) is 64.1 cm³/mol. The van der Waals surface area contributed by atoms with Crippen molar-refractivity contribution >= 4 is 34.9 Å². The van der Waals surface area contributed by atoms with E-state index in [1.807, 2.05) is 0 Å². The minimum Gasteiger partial charge on any atom is -0.368 e. The molecule has 0 spiro atoms. The standard InChI is InChI=1S/C10H10Cl2FN3O/c11-5-1-7(12)10(15-3-5)16-4-6(13)2-8(16)9(14)17/h1,3,6,8H,2,4H2,(H2,14,17)/t6-,8+/m1/s1.